The lowest BCUT2D eigenvalue weighted by Crippen LogP contribution is -2.31. The van der Waals surface area contributed by atoms with Crippen molar-refractivity contribution in [1.82, 2.24) is 4.98 Å². The van der Waals surface area contributed by atoms with Gasteiger partial charge in [0.1, 0.15) is 5.82 Å². The van der Waals surface area contributed by atoms with Gasteiger partial charge in [0.05, 0.1) is 6.54 Å². The van der Waals surface area contributed by atoms with Crippen LogP contribution in [0, 0.1) is 6.92 Å². The second-order valence-corrected chi connectivity index (χ2v) is 4.01. The summed E-state index contributed by atoms with van der Waals surface area (Å²) in [6.07, 6.45) is -0.705. The van der Waals surface area contributed by atoms with Crippen molar-refractivity contribution in [2.45, 2.75) is 13.3 Å². The molecule has 5 heteroatoms. The van der Waals surface area contributed by atoms with Crippen LogP contribution >= 0.6 is 15.9 Å². The third-order valence-electron chi connectivity index (χ3n) is 1.94. The summed E-state index contributed by atoms with van der Waals surface area (Å²) in [4.78, 5) is 5.66. The van der Waals surface area contributed by atoms with E-state index in [-0.39, 0.29) is 6.54 Å². The molecule has 1 aromatic heterocycles. The number of pyridine rings is 1. The topological polar surface area (TPSA) is 16.1 Å². The average Bonchev–Trinajstić information content (AvgIpc) is 2.16. The number of alkyl halides is 3. The van der Waals surface area contributed by atoms with Crippen molar-refractivity contribution in [3.05, 3.63) is 23.9 Å². The molecule has 15 heavy (non-hydrogen) atoms. The predicted octanol–water partition coefficient (Wildman–Crippen LogP) is 2.86. The molecule has 0 unspecified atom stereocenters. The van der Waals surface area contributed by atoms with Crippen LogP contribution in [-0.4, -0.2) is 29.8 Å². The van der Waals surface area contributed by atoms with Crippen LogP contribution in [0.3, 0.4) is 0 Å². The Labute approximate surface area is 96.4 Å². The van der Waals surface area contributed by atoms with Gasteiger partial charge < -0.3 is 4.90 Å². The summed E-state index contributed by atoms with van der Waals surface area (Å²) in [5.74, 6) is 0.606. The number of halogens is 3. The predicted molar refractivity (Wildman–Crippen MR) is 61.0 cm³/mol. The molecule has 0 saturated heterocycles. The fourth-order valence-electron chi connectivity index (χ4n) is 1.26. The minimum absolute atomic E-state index is 0.276. The molecule has 0 fully saturated rings. The van der Waals surface area contributed by atoms with Crippen molar-refractivity contribution in [3.8, 4) is 0 Å². The fourth-order valence-corrected chi connectivity index (χ4v) is 1.69. The van der Waals surface area contributed by atoms with Crippen LogP contribution in [0.1, 0.15) is 5.56 Å². The number of aryl methyl sites for hydroxylation is 1. The molecule has 1 aromatic rings. The minimum Gasteiger partial charge on any atom is -0.350 e. The van der Waals surface area contributed by atoms with Gasteiger partial charge in [-0.3, -0.25) is 0 Å². The number of nitrogens with zero attached hydrogens (tertiary/aromatic N) is 2. The monoisotopic (exact) mass is 278 g/mol. The molecule has 0 amide bonds. The van der Waals surface area contributed by atoms with Gasteiger partial charge in [-0.15, -0.1) is 0 Å². The molecule has 0 saturated carbocycles. The number of hydrogen-bond acceptors (Lipinski definition) is 2. The summed E-state index contributed by atoms with van der Waals surface area (Å²) in [5.41, 5.74) is 1.02. The highest BCUT2D eigenvalue weighted by Crippen LogP contribution is 2.13. The van der Waals surface area contributed by atoms with Crippen molar-refractivity contribution >= 4 is 21.7 Å². The van der Waals surface area contributed by atoms with Gasteiger partial charge in [0.25, 0.3) is 6.43 Å². The van der Waals surface area contributed by atoms with Crippen LogP contribution in [0.2, 0.25) is 0 Å². The Morgan fingerprint density at radius 1 is 1.53 bits per heavy atom. The molecule has 0 aliphatic rings. The van der Waals surface area contributed by atoms with E-state index in [1.807, 2.05) is 19.1 Å². The third-order valence-corrected chi connectivity index (χ3v) is 2.29. The highest BCUT2D eigenvalue weighted by molar-refractivity contribution is 9.09. The van der Waals surface area contributed by atoms with Gasteiger partial charge in [-0.05, 0) is 24.6 Å². The van der Waals surface area contributed by atoms with E-state index in [2.05, 4.69) is 20.9 Å². The van der Waals surface area contributed by atoms with Crippen molar-refractivity contribution in [2.75, 3.05) is 23.3 Å². The van der Waals surface area contributed by atoms with Crippen molar-refractivity contribution in [3.63, 3.8) is 0 Å². The number of aromatic nitrogens is 1. The van der Waals surface area contributed by atoms with E-state index in [9.17, 15) is 8.78 Å². The summed E-state index contributed by atoms with van der Waals surface area (Å²) < 4.78 is 24.6. The van der Waals surface area contributed by atoms with Crippen molar-refractivity contribution in [2.24, 2.45) is 0 Å². The van der Waals surface area contributed by atoms with Crippen LogP contribution in [0.25, 0.3) is 0 Å². The van der Waals surface area contributed by atoms with Crippen LogP contribution in [-0.2, 0) is 0 Å². The molecular formula is C10H13BrF2N2. The molecule has 1 heterocycles. The number of hydrogen-bond donors (Lipinski definition) is 0. The zero-order chi connectivity index (χ0) is 11.3. The first-order valence-corrected chi connectivity index (χ1v) is 5.77. The highest BCUT2D eigenvalue weighted by Gasteiger charge is 2.13. The molecule has 84 valence electrons. The van der Waals surface area contributed by atoms with E-state index in [1.54, 1.807) is 11.1 Å². The SMILES string of the molecule is Cc1ccnc(N(CCBr)CC(F)F)c1. The molecule has 0 bridgehead atoms. The Morgan fingerprint density at radius 2 is 2.27 bits per heavy atom. The molecule has 0 aromatic carbocycles. The van der Waals surface area contributed by atoms with Gasteiger partial charge in [0, 0.05) is 18.1 Å². The maximum Gasteiger partial charge on any atom is 0.255 e. The Morgan fingerprint density at radius 3 is 2.80 bits per heavy atom. The van der Waals surface area contributed by atoms with Crippen LogP contribution in [0.5, 0.6) is 0 Å². The van der Waals surface area contributed by atoms with Gasteiger partial charge in [-0.1, -0.05) is 15.9 Å². The first-order chi connectivity index (χ1) is 7.13. The Bertz CT molecular complexity index is 307. The van der Waals surface area contributed by atoms with Gasteiger partial charge in [0.15, 0.2) is 0 Å². The van der Waals surface area contributed by atoms with E-state index >= 15 is 0 Å². The van der Waals surface area contributed by atoms with Gasteiger partial charge >= 0.3 is 0 Å². The smallest absolute Gasteiger partial charge is 0.255 e. The quantitative estimate of drug-likeness (QED) is 0.770. The summed E-state index contributed by atoms with van der Waals surface area (Å²) in [6.45, 7) is 2.17. The maximum atomic E-state index is 12.3. The summed E-state index contributed by atoms with van der Waals surface area (Å²) >= 11 is 3.24. The second-order valence-electron chi connectivity index (χ2n) is 3.22. The van der Waals surface area contributed by atoms with Crippen LogP contribution < -0.4 is 4.90 Å². The Kier molecular flexibility index (Phi) is 4.94. The number of rotatable bonds is 5. The van der Waals surface area contributed by atoms with E-state index in [0.29, 0.717) is 17.7 Å². The molecule has 0 aliphatic carbocycles. The molecule has 1 rings (SSSR count). The lowest BCUT2D eigenvalue weighted by atomic mass is 10.3. The highest BCUT2D eigenvalue weighted by atomic mass is 79.9. The molecule has 0 aliphatic heterocycles. The van der Waals surface area contributed by atoms with E-state index < -0.39 is 6.43 Å². The lowest BCUT2D eigenvalue weighted by molar-refractivity contribution is 0.155. The maximum absolute atomic E-state index is 12.3. The molecule has 2 nitrogen and oxygen atoms in total. The average molecular weight is 279 g/mol. The first kappa shape index (κ1) is 12.4. The minimum atomic E-state index is -2.34. The molecular weight excluding hydrogens is 266 g/mol. The Balaban J connectivity index is 2.78. The normalized spacial score (nSPS) is 10.7. The van der Waals surface area contributed by atoms with Crippen LogP contribution in [0.4, 0.5) is 14.6 Å². The van der Waals surface area contributed by atoms with Crippen LogP contribution in [0.15, 0.2) is 18.3 Å². The second kappa shape index (κ2) is 6.00. The van der Waals surface area contributed by atoms with Gasteiger partial charge in [0.2, 0.25) is 0 Å². The largest absolute Gasteiger partial charge is 0.350 e. The third kappa shape index (κ3) is 4.11. The fraction of sp³-hybridized carbons (Fsp3) is 0.500. The molecule has 0 atom stereocenters. The zero-order valence-corrected chi connectivity index (χ0v) is 10.0. The van der Waals surface area contributed by atoms with E-state index in [0.717, 1.165) is 5.56 Å². The number of anilines is 1. The zero-order valence-electron chi connectivity index (χ0n) is 8.46. The van der Waals surface area contributed by atoms with E-state index in [1.165, 1.54) is 0 Å². The molecule has 0 radical (unpaired) electrons. The summed E-state index contributed by atoms with van der Waals surface area (Å²) in [5, 5.41) is 0.648. The van der Waals surface area contributed by atoms with Gasteiger partial charge in [-0.2, -0.15) is 0 Å². The van der Waals surface area contributed by atoms with Crippen molar-refractivity contribution < 1.29 is 8.78 Å². The lowest BCUT2D eigenvalue weighted by Gasteiger charge is -2.22. The van der Waals surface area contributed by atoms with Crippen molar-refractivity contribution in [1.29, 1.82) is 0 Å². The van der Waals surface area contributed by atoms with Gasteiger partial charge in [-0.25, -0.2) is 13.8 Å². The van der Waals surface area contributed by atoms with E-state index in [4.69, 9.17) is 0 Å². The molecule has 0 N–H and O–H groups in total. The Hall–Kier alpha value is -0.710. The molecule has 0 spiro atoms. The summed E-state index contributed by atoms with van der Waals surface area (Å²) in [7, 11) is 0. The summed E-state index contributed by atoms with van der Waals surface area (Å²) in [6, 6.07) is 3.66. The standard InChI is InChI=1S/C10H13BrF2N2/c1-8-2-4-14-10(6-8)15(5-3-11)7-9(12)13/h2,4,6,9H,3,5,7H2,1H3. The first-order valence-electron chi connectivity index (χ1n) is 4.65.